The van der Waals surface area contributed by atoms with Crippen LogP contribution < -0.4 is 11.1 Å². The van der Waals surface area contributed by atoms with Crippen molar-refractivity contribution >= 4 is 17.3 Å². The standard InChI is InChI=1S/C14H22N2O3/c1-10(2)9-19-7-3-6-16-13-5-4-11(14(17)18)8-12(13)15/h4-5,8,10,16H,3,6-7,9,15H2,1-2H3,(H,17,18). The lowest BCUT2D eigenvalue weighted by atomic mass is 10.1. The van der Waals surface area contributed by atoms with Gasteiger partial charge in [0.2, 0.25) is 0 Å². The van der Waals surface area contributed by atoms with Crippen LogP contribution in [0.5, 0.6) is 0 Å². The molecule has 5 heteroatoms. The lowest BCUT2D eigenvalue weighted by Crippen LogP contribution is -2.10. The van der Waals surface area contributed by atoms with Crippen LogP contribution in [0.3, 0.4) is 0 Å². The summed E-state index contributed by atoms with van der Waals surface area (Å²) in [4.78, 5) is 10.8. The number of nitrogen functional groups attached to an aromatic ring is 1. The van der Waals surface area contributed by atoms with Gasteiger partial charge in [-0.1, -0.05) is 13.8 Å². The molecule has 0 heterocycles. The predicted molar refractivity (Wildman–Crippen MR) is 76.6 cm³/mol. The summed E-state index contributed by atoms with van der Waals surface area (Å²) in [5.74, 6) is -0.424. The minimum absolute atomic E-state index is 0.198. The van der Waals surface area contributed by atoms with Crippen LogP contribution in [-0.2, 0) is 4.74 Å². The van der Waals surface area contributed by atoms with Gasteiger partial charge in [0.1, 0.15) is 0 Å². The van der Waals surface area contributed by atoms with Gasteiger partial charge in [0.05, 0.1) is 16.9 Å². The van der Waals surface area contributed by atoms with E-state index in [4.69, 9.17) is 15.6 Å². The number of ether oxygens (including phenoxy) is 1. The van der Waals surface area contributed by atoms with Gasteiger partial charge >= 0.3 is 5.97 Å². The maximum absolute atomic E-state index is 10.8. The van der Waals surface area contributed by atoms with Crippen LogP contribution in [0.1, 0.15) is 30.6 Å². The van der Waals surface area contributed by atoms with Crippen molar-refractivity contribution < 1.29 is 14.6 Å². The largest absolute Gasteiger partial charge is 0.478 e. The minimum atomic E-state index is -0.972. The van der Waals surface area contributed by atoms with Crippen LogP contribution >= 0.6 is 0 Å². The molecule has 0 bridgehead atoms. The number of anilines is 2. The van der Waals surface area contributed by atoms with Gasteiger partial charge in [-0.05, 0) is 30.5 Å². The third kappa shape index (κ3) is 5.61. The van der Waals surface area contributed by atoms with Crippen molar-refractivity contribution in [1.29, 1.82) is 0 Å². The SMILES string of the molecule is CC(C)COCCCNc1ccc(C(=O)O)cc1N. The van der Waals surface area contributed by atoms with Crippen LogP contribution in [0.4, 0.5) is 11.4 Å². The Morgan fingerprint density at radius 3 is 2.79 bits per heavy atom. The molecule has 0 radical (unpaired) electrons. The summed E-state index contributed by atoms with van der Waals surface area (Å²) in [6, 6.07) is 4.68. The number of benzene rings is 1. The summed E-state index contributed by atoms with van der Waals surface area (Å²) >= 11 is 0. The zero-order valence-electron chi connectivity index (χ0n) is 11.5. The summed E-state index contributed by atoms with van der Waals surface area (Å²) in [6.45, 7) is 6.45. The van der Waals surface area contributed by atoms with Crippen LogP contribution in [-0.4, -0.2) is 30.8 Å². The van der Waals surface area contributed by atoms with Crippen molar-refractivity contribution in [2.75, 3.05) is 30.8 Å². The van der Waals surface area contributed by atoms with Crippen LogP contribution in [0.25, 0.3) is 0 Å². The number of rotatable bonds is 8. The average Bonchev–Trinajstić information content (AvgIpc) is 2.34. The predicted octanol–water partition coefficient (Wildman–Crippen LogP) is 2.44. The first kappa shape index (κ1) is 15.3. The Balaban J connectivity index is 2.32. The molecule has 0 saturated carbocycles. The molecule has 0 spiro atoms. The van der Waals surface area contributed by atoms with E-state index in [-0.39, 0.29) is 5.56 Å². The smallest absolute Gasteiger partial charge is 0.335 e. The minimum Gasteiger partial charge on any atom is -0.478 e. The molecule has 0 saturated heterocycles. The lowest BCUT2D eigenvalue weighted by Gasteiger charge is -2.10. The number of aromatic carboxylic acids is 1. The van der Waals surface area contributed by atoms with Crippen molar-refractivity contribution in [1.82, 2.24) is 0 Å². The Bertz CT molecular complexity index is 419. The average molecular weight is 266 g/mol. The molecule has 0 fully saturated rings. The highest BCUT2D eigenvalue weighted by molar-refractivity contribution is 5.90. The normalized spacial score (nSPS) is 10.7. The molecule has 0 aliphatic rings. The molecule has 0 unspecified atom stereocenters. The van der Waals surface area contributed by atoms with E-state index >= 15 is 0 Å². The first-order valence-corrected chi connectivity index (χ1v) is 6.45. The number of carboxylic acid groups (broad SMARTS) is 1. The van der Waals surface area contributed by atoms with E-state index in [2.05, 4.69) is 19.2 Å². The Kier molecular flexibility index (Phi) is 6.15. The van der Waals surface area contributed by atoms with E-state index < -0.39 is 5.97 Å². The van der Waals surface area contributed by atoms with Gasteiger partial charge in [-0.15, -0.1) is 0 Å². The highest BCUT2D eigenvalue weighted by Crippen LogP contribution is 2.19. The molecule has 1 aromatic rings. The second-order valence-corrected chi connectivity index (χ2v) is 4.86. The fourth-order valence-corrected chi connectivity index (χ4v) is 1.57. The monoisotopic (exact) mass is 266 g/mol. The first-order chi connectivity index (χ1) is 9.00. The Labute approximate surface area is 113 Å². The summed E-state index contributed by atoms with van der Waals surface area (Å²) in [5, 5.41) is 12.0. The molecular formula is C14H22N2O3. The van der Waals surface area contributed by atoms with Gasteiger partial charge in [0, 0.05) is 19.8 Å². The molecule has 1 aromatic carbocycles. The van der Waals surface area contributed by atoms with Gasteiger partial charge < -0.3 is 20.9 Å². The Hall–Kier alpha value is -1.75. The summed E-state index contributed by atoms with van der Waals surface area (Å²) in [5.41, 5.74) is 7.19. The number of hydrogen-bond acceptors (Lipinski definition) is 4. The van der Waals surface area contributed by atoms with Gasteiger partial charge in [-0.3, -0.25) is 0 Å². The van der Waals surface area contributed by atoms with E-state index in [0.717, 1.165) is 25.3 Å². The van der Waals surface area contributed by atoms with Crippen molar-refractivity contribution in [3.8, 4) is 0 Å². The number of carbonyl (C=O) groups is 1. The Morgan fingerprint density at radius 1 is 1.47 bits per heavy atom. The van der Waals surface area contributed by atoms with Crippen molar-refractivity contribution in [2.24, 2.45) is 5.92 Å². The number of carboxylic acids is 1. The quantitative estimate of drug-likeness (QED) is 0.497. The van der Waals surface area contributed by atoms with Crippen molar-refractivity contribution in [3.63, 3.8) is 0 Å². The van der Waals surface area contributed by atoms with Gasteiger partial charge in [0.15, 0.2) is 0 Å². The van der Waals surface area contributed by atoms with E-state index in [0.29, 0.717) is 18.2 Å². The molecule has 4 N–H and O–H groups in total. The second-order valence-electron chi connectivity index (χ2n) is 4.86. The topological polar surface area (TPSA) is 84.6 Å². The van der Waals surface area contributed by atoms with Crippen molar-refractivity contribution in [3.05, 3.63) is 23.8 Å². The van der Waals surface area contributed by atoms with Crippen LogP contribution in [0, 0.1) is 5.92 Å². The van der Waals surface area contributed by atoms with Gasteiger partial charge in [-0.2, -0.15) is 0 Å². The molecular weight excluding hydrogens is 244 g/mol. The zero-order valence-corrected chi connectivity index (χ0v) is 11.5. The van der Waals surface area contributed by atoms with E-state index in [9.17, 15) is 4.79 Å². The van der Waals surface area contributed by atoms with E-state index in [1.807, 2.05) is 0 Å². The molecule has 1 rings (SSSR count). The number of nitrogens with two attached hydrogens (primary N) is 1. The second kappa shape index (κ2) is 7.63. The summed E-state index contributed by atoms with van der Waals surface area (Å²) in [7, 11) is 0. The highest BCUT2D eigenvalue weighted by Gasteiger charge is 2.05. The molecule has 0 aliphatic heterocycles. The third-order valence-corrected chi connectivity index (χ3v) is 2.53. The fraction of sp³-hybridized carbons (Fsp3) is 0.500. The van der Waals surface area contributed by atoms with Crippen molar-refractivity contribution in [2.45, 2.75) is 20.3 Å². The zero-order chi connectivity index (χ0) is 14.3. The lowest BCUT2D eigenvalue weighted by molar-refractivity contribution is 0.0697. The molecule has 5 nitrogen and oxygen atoms in total. The molecule has 0 amide bonds. The number of nitrogens with one attached hydrogen (secondary N) is 1. The fourth-order valence-electron chi connectivity index (χ4n) is 1.57. The van der Waals surface area contributed by atoms with E-state index in [1.165, 1.54) is 12.1 Å². The van der Waals surface area contributed by atoms with Crippen LogP contribution in [0.15, 0.2) is 18.2 Å². The summed E-state index contributed by atoms with van der Waals surface area (Å²) < 4.78 is 5.46. The third-order valence-electron chi connectivity index (χ3n) is 2.53. The molecule has 19 heavy (non-hydrogen) atoms. The highest BCUT2D eigenvalue weighted by atomic mass is 16.5. The molecule has 106 valence electrons. The molecule has 0 aromatic heterocycles. The van der Waals surface area contributed by atoms with Crippen LogP contribution in [0.2, 0.25) is 0 Å². The molecule has 0 aliphatic carbocycles. The maximum atomic E-state index is 10.8. The Morgan fingerprint density at radius 2 is 2.21 bits per heavy atom. The number of hydrogen-bond donors (Lipinski definition) is 3. The summed E-state index contributed by atoms with van der Waals surface area (Å²) in [6.07, 6.45) is 0.882. The van der Waals surface area contributed by atoms with Gasteiger partial charge in [-0.25, -0.2) is 4.79 Å². The first-order valence-electron chi connectivity index (χ1n) is 6.45. The molecule has 0 atom stereocenters. The maximum Gasteiger partial charge on any atom is 0.335 e. The van der Waals surface area contributed by atoms with Gasteiger partial charge in [0.25, 0.3) is 0 Å². The van der Waals surface area contributed by atoms with E-state index in [1.54, 1.807) is 6.07 Å².